The first-order valence-corrected chi connectivity index (χ1v) is 7.99. The molecule has 0 aromatic heterocycles. The second-order valence-corrected chi connectivity index (χ2v) is 6.80. The quantitative estimate of drug-likeness (QED) is 0.791. The van der Waals surface area contributed by atoms with Gasteiger partial charge >= 0.3 is 0 Å². The third-order valence-corrected chi connectivity index (χ3v) is 5.91. The van der Waals surface area contributed by atoms with E-state index in [1.165, 1.54) is 22.9 Å². The first kappa shape index (κ1) is 11.3. The monoisotopic (exact) mass is 289 g/mol. The molecule has 0 radical (unpaired) electrons. The molecule has 2 aliphatic heterocycles. The van der Waals surface area contributed by atoms with Crippen LogP contribution in [0.15, 0.2) is 63.0 Å². The Morgan fingerprint density at radius 1 is 0.818 bits per heavy atom. The molecule has 2 fully saturated rings. The van der Waals surface area contributed by atoms with Crippen molar-refractivity contribution in [2.24, 2.45) is 32.4 Å². The number of hydrogen-bond acceptors (Lipinski definition) is 5. The maximum absolute atomic E-state index is 4.61. The van der Waals surface area contributed by atoms with Crippen LogP contribution in [0.5, 0.6) is 0 Å². The molecule has 6 rings (SSSR count). The van der Waals surface area contributed by atoms with Crippen LogP contribution in [-0.4, -0.2) is 24.2 Å². The minimum absolute atomic E-state index is 0.310. The van der Waals surface area contributed by atoms with Gasteiger partial charge in [-0.15, -0.1) is 0 Å². The molecule has 0 unspecified atom stereocenters. The second kappa shape index (κ2) is 3.72. The smallest absolute Gasteiger partial charge is 0.101 e. The molecule has 4 aliphatic rings. The van der Waals surface area contributed by atoms with E-state index in [1.54, 1.807) is 0 Å². The number of fused-ring (bicyclic) bond motifs is 9. The zero-order valence-corrected chi connectivity index (χ0v) is 11.9. The summed E-state index contributed by atoms with van der Waals surface area (Å²) >= 11 is 0. The lowest BCUT2D eigenvalue weighted by atomic mass is 9.82. The van der Waals surface area contributed by atoms with Crippen molar-refractivity contribution in [2.75, 3.05) is 5.01 Å². The molecule has 0 N–H and O–H groups in total. The van der Waals surface area contributed by atoms with Crippen molar-refractivity contribution in [3.8, 4) is 0 Å². The Hall–Kier alpha value is -2.30. The molecule has 0 saturated heterocycles. The van der Waals surface area contributed by atoms with Gasteiger partial charge in [0.1, 0.15) is 18.1 Å². The third-order valence-electron chi connectivity index (χ3n) is 5.91. The molecular formula is C17H15N5. The molecule has 5 nitrogen and oxygen atoms in total. The standard InChI is InChI=1S/C17H15N5/c1-2-6-10-9(4-1)5-3-7-13(10)22-17-12-8-11(16(17)20-21-22)14-15(12)19-18-14/h1-7,11-12,14-17H,8H2/t11-,12+,14+,15-,16-,17+/m0/s1. The van der Waals surface area contributed by atoms with Gasteiger partial charge in [-0.05, 0) is 17.9 Å². The van der Waals surface area contributed by atoms with Gasteiger partial charge < -0.3 is 0 Å². The van der Waals surface area contributed by atoms with Crippen LogP contribution >= 0.6 is 0 Å². The van der Waals surface area contributed by atoms with E-state index >= 15 is 0 Å². The van der Waals surface area contributed by atoms with Gasteiger partial charge in [0.25, 0.3) is 0 Å². The summed E-state index contributed by atoms with van der Waals surface area (Å²) in [5.74, 6) is 1.12. The average molecular weight is 289 g/mol. The van der Waals surface area contributed by atoms with E-state index < -0.39 is 0 Å². The number of hydrogen-bond donors (Lipinski definition) is 0. The molecule has 2 aromatic carbocycles. The molecule has 0 spiro atoms. The highest BCUT2D eigenvalue weighted by atomic mass is 15.6. The fourth-order valence-electron chi connectivity index (χ4n) is 4.95. The fraction of sp³-hybridized carbons (Fsp3) is 0.412. The summed E-state index contributed by atoms with van der Waals surface area (Å²) in [4.78, 5) is 0. The number of azo groups is 1. The summed E-state index contributed by atoms with van der Waals surface area (Å²) in [5.41, 5.74) is 1.18. The third kappa shape index (κ3) is 1.18. The highest BCUT2D eigenvalue weighted by Crippen LogP contribution is 2.56. The van der Waals surface area contributed by atoms with Gasteiger partial charge in [0.2, 0.25) is 0 Å². The summed E-state index contributed by atoms with van der Waals surface area (Å²) in [7, 11) is 0. The summed E-state index contributed by atoms with van der Waals surface area (Å²) in [6, 6.07) is 16.5. The summed E-state index contributed by atoms with van der Waals surface area (Å²) in [6.07, 6.45) is 1.21. The zero-order valence-electron chi connectivity index (χ0n) is 11.9. The van der Waals surface area contributed by atoms with Crippen molar-refractivity contribution >= 4 is 16.5 Å². The Kier molecular flexibility index (Phi) is 1.91. The van der Waals surface area contributed by atoms with Crippen LogP contribution in [0.4, 0.5) is 5.69 Å². The first-order chi connectivity index (χ1) is 10.9. The van der Waals surface area contributed by atoms with Crippen molar-refractivity contribution in [2.45, 2.75) is 30.6 Å². The van der Waals surface area contributed by atoms with E-state index in [4.69, 9.17) is 0 Å². The van der Waals surface area contributed by atoms with Crippen LogP contribution in [-0.2, 0) is 0 Å². The number of nitrogens with zero attached hydrogens (tertiary/aromatic N) is 5. The van der Waals surface area contributed by atoms with Gasteiger partial charge in [0.05, 0.1) is 11.7 Å². The molecule has 2 aromatic rings. The van der Waals surface area contributed by atoms with E-state index in [0.29, 0.717) is 36.0 Å². The Morgan fingerprint density at radius 3 is 2.55 bits per heavy atom. The highest BCUT2D eigenvalue weighted by molar-refractivity contribution is 5.94. The van der Waals surface area contributed by atoms with E-state index in [0.717, 1.165) is 0 Å². The minimum Gasteiger partial charge on any atom is -0.241 e. The molecule has 2 saturated carbocycles. The molecule has 108 valence electrons. The van der Waals surface area contributed by atoms with Gasteiger partial charge in [0, 0.05) is 17.2 Å². The Morgan fingerprint density at radius 2 is 1.64 bits per heavy atom. The Bertz CT molecular complexity index is 839. The van der Waals surface area contributed by atoms with Crippen molar-refractivity contribution in [1.82, 2.24) is 0 Å². The summed E-state index contributed by atoms with van der Waals surface area (Å²) in [5, 5.41) is 22.5. The first-order valence-electron chi connectivity index (χ1n) is 7.99. The van der Waals surface area contributed by atoms with E-state index in [9.17, 15) is 0 Å². The van der Waals surface area contributed by atoms with Crippen molar-refractivity contribution in [1.29, 1.82) is 0 Å². The molecule has 2 bridgehead atoms. The van der Waals surface area contributed by atoms with Crippen molar-refractivity contribution < 1.29 is 0 Å². The predicted molar refractivity (Wildman–Crippen MR) is 82.9 cm³/mol. The molecule has 6 atom stereocenters. The van der Waals surface area contributed by atoms with E-state index in [-0.39, 0.29) is 0 Å². The number of benzene rings is 2. The maximum Gasteiger partial charge on any atom is 0.101 e. The Balaban J connectivity index is 1.48. The van der Waals surface area contributed by atoms with Gasteiger partial charge in [-0.3, -0.25) is 0 Å². The van der Waals surface area contributed by atoms with Crippen LogP contribution in [0, 0.1) is 11.8 Å². The maximum atomic E-state index is 4.61. The lowest BCUT2D eigenvalue weighted by Crippen LogP contribution is -2.52. The lowest BCUT2D eigenvalue weighted by molar-refractivity contribution is 0.243. The largest absolute Gasteiger partial charge is 0.241 e. The van der Waals surface area contributed by atoms with Crippen LogP contribution in [0.25, 0.3) is 10.8 Å². The topological polar surface area (TPSA) is 52.7 Å². The molecular weight excluding hydrogens is 274 g/mol. The lowest BCUT2D eigenvalue weighted by Gasteiger charge is -2.38. The molecule has 2 aliphatic carbocycles. The van der Waals surface area contributed by atoms with E-state index in [2.05, 4.69) is 68.0 Å². The van der Waals surface area contributed by atoms with Crippen LogP contribution in [0.2, 0.25) is 0 Å². The second-order valence-electron chi connectivity index (χ2n) is 6.80. The van der Waals surface area contributed by atoms with Gasteiger partial charge in [-0.1, -0.05) is 41.6 Å². The molecule has 5 heteroatoms. The SMILES string of the molecule is c1ccc2c(N3N=N[C@H]4[C@H]5C[C@H]([C@@H]6N=N[C@H]56)[C@H]43)cccc2c1. The number of rotatable bonds is 1. The van der Waals surface area contributed by atoms with Gasteiger partial charge in [-0.2, -0.15) is 15.3 Å². The highest BCUT2D eigenvalue weighted by Gasteiger charge is 2.65. The zero-order chi connectivity index (χ0) is 14.3. The molecule has 22 heavy (non-hydrogen) atoms. The Labute approximate surface area is 127 Å². The van der Waals surface area contributed by atoms with Gasteiger partial charge in [-0.25, -0.2) is 5.01 Å². The summed E-state index contributed by atoms with van der Waals surface area (Å²) in [6.45, 7) is 0. The predicted octanol–water partition coefficient (Wildman–Crippen LogP) is 3.62. The summed E-state index contributed by atoms with van der Waals surface area (Å²) < 4.78 is 0. The van der Waals surface area contributed by atoms with Crippen molar-refractivity contribution in [3.05, 3.63) is 42.5 Å². The van der Waals surface area contributed by atoms with Crippen LogP contribution in [0.1, 0.15) is 6.42 Å². The average Bonchev–Trinajstić information content (AvgIpc) is 3.15. The molecule has 2 heterocycles. The normalized spacial score (nSPS) is 40.1. The fourth-order valence-corrected chi connectivity index (χ4v) is 4.95. The van der Waals surface area contributed by atoms with Crippen LogP contribution < -0.4 is 5.01 Å². The minimum atomic E-state index is 0.310. The van der Waals surface area contributed by atoms with Gasteiger partial charge in [0.15, 0.2) is 0 Å². The molecule has 0 amide bonds. The number of anilines is 1. The van der Waals surface area contributed by atoms with Crippen molar-refractivity contribution in [3.63, 3.8) is 0 Å². The van der Waals surface area contributed by atoms with E-state index in [1.807, 2.05) is 0 Å². The van der Waals surface area contributed by atoms with Crippen LogP contribution in [0.3, 0.4) is 0 Å².